The van der Waals surface area contributed by atoms with E-state index < -0.39 is 29.4 Å². The highest BCUT2D eigenvalue weighted by Gasteiger charge is 2.33. The average molecular weight is 401 g/mol. The number of anilines is 1. The van der Waals surface area contributed by atoms with Gasteiger partial charge in [-0.2, -0.15) is 13.2 Å². The Hall–Kier alpha value is -2.75. The maximum atomic E-state index is 12.8. The fourth-order valence-electron chi connectivity index (χ4n) is 1.97. The molecule has 144 valence electrons. The lowest BCUT2D eigenvalue weighted by atomic mass is 10.1. The van der Waals surface area contributed by atoms with E-state index in [1.54, 1.807) is 12.1 Å². The van der Waals surface area contributed by atoms with Gasteiger partial charge in [-0.05, 0) is 36.4 Å². The van der Waals surface area contributed by atoms with Crippen molar-refractivity contribution in [2.45, 2.75) is 17.5 Å². The fraction of sp³-hybridized carbons (Fsp3) is 0.176. The molecular formula is C17H15F4N3O2S. The monoisotopic (exact) mass is 401 g/mol. The summed E-state index contributed by atoms with van der Waals surface area (Å²) >= 11 is 1.32. The first-order valence-corrected chi connectivity index (χ1v) is 8.64. The number of urea groups is 1. The van der Waals surface area contributed by atoms with E-state index in [9.17, 15) is 27.2 Å². The van der Waals surface area contributed by atoms with Gasteiger partial charge in [0.05, 0.1) is 11.3 Å². The molecule has 0 fully saturated rings. The van der Waals surface area contributed by atoms with Gasteiger partial charge >= 0.3 is 12.2 Å². The van der Waals surface area contributed by atoms with Crippen molar-refractivity contribution >= 4 is 29.4 Å². The molecule has 0 heterocycles. The lowest BCUT2D eigenvalue weighted by molar-refractivity contribution is -0.137. The lowest BCUT2D eigenvalue weighted by Gasteiger charge is -2.14. The van der Waals surface area contributed by atoms with Crippen LogP contribution in [-0.4, -0.2) is 17.7 Å². The van der Waals surface area contributed by atoms with Gasteiger partial charge in [0.15, 0.2) is 0 Å². The summed E-state index contributed by atoms with van der Waals surface area (Å²) in [6.07, 6.45) is -4.58. The summed E-state index contributed by atoms with van der Waals surface area (Å²) in [4.78, 5) is 24.1. The Morgan fingerprint density at radius 1 is 0.963 bits per heavy atom. The Kier molecular flexibility index (Phi) is 7.05. The molecule has 0 radical (unpaired) electrons. The van der Waals surface area contributed by atoms with E-state index in [0.717, 1.165) is 17.0 Å². The standard InChI is InChI=1S/C17H15F4N3O2S/c18-11-5-7-12(8-6-11)27-10-9-15(25)23-24-16(26)22-14-4-2-1-3-13(14)17(19,20)21/h1-8H,9-10H2,(H,23,25)(H2,22,24,26). The number of rotatable bonds is 5. The van der Waals surface area contributed by atoms with Crippen LogP contribution in [0.25, 0.3) is 0 Å². The summed E-state index contributed by atoms with van der Waals surface area (Å²) in [5, 5.41) is 2.03. The van der Waals surface area contributed by atoms with Crippen molar-refractivity contribution in [1.82, 2.24) is 10.9 Å². The number of carbonyl (C=O) groups is 2. The van der Waals surface area contributed by atoms with E-state index in [1.807, 2.05) is 10.7 Å². The van der Waals surface area contributed by atoms with E-state index in [1.165, 1.54) is 36.0 Å². The molecule has 3 amide bonds. The highest BCUT2D eigenvalue weighted by molar-refractivity contribution is 7.99. The van der Waals surface area contributed by atoms with Crippen LogP contribution in [0.4, 0.5) is 28.0 Å². The number of alkyl halides is 3. The van der Waals surface area contributed by atoms with Crippen molar-refractivity contribution in [3.8, 4) is 0 Å². The summed E-state index contributed by atoms with van der Waals surface area (Å²) in [5.41, 5.74) is 2.67. The average Bonchev–Trinajstić information content (AvgIpc) is 2.61. The molecule has 0 spiro atoms. The zero-order valence-corrected chi connectivity index (χ0v) is 14.6. The molecule has 0 aliphatic carbocycles. The van der Waals surface area contributed by atoms with Crippen molar-refractivity contribution < 1.29 is 27.2 Å². The summed E-state index contributed by atoms with van der Waals surface area (Å²) in [7, 11) is 0. The molecule has 2 aromatic carbocycles. The SMILES string of the molecule is O=C(CCSc1ccc(F)cc1)NNC(=O)Nc1ccccc1C(F)(F)F. The zero-order chi connectivity index (χ0) is 19.9. The third-order valence-corrected chi connectivity index (χ3v) is 4.22. The molecule has 0 aromatic heterocycles. The van der Waals surface area contributed by atoms with Crippen LogP contribution >= 0.6 is 11.8 Å². The third kappa shape index (κ3) is 6.81. The van der Waals surface area contributed by atoms with Gasteiger partial charge in [0.2, 0.25) is 5.91 Å². The first-order valence-electron chi connectivity index (χ1n) is 7.66. The van der Waals surface area contributed by atoms with Gasteiger partial charge in [0, 0.05) is 17.1 Å². The number of hydrogen-bond donors (Lipinski definition) is 3. The van der Waals surface area contributed by atoms with Crippen LogP contribution in [0.15, 0.2) is 53.4 Å². The quantitative estimate of drug-likeness (QED) is 0.400. The van der Waals surface area contributed by atoms with Gasteiger partial charge < -0.3 is 5.32 Å². The number of benzene rings is 2. The van der Waals surface area contributed by atoms with Gasteiger partial charge in [-0.25, -0.2) is 14.6 Å². The minimum atomic E-state index is -4.62. The predicted molar refractivity (Wildman–Crippen MR) is 93.5 cm³/mol. The highest BCUT2D eigenvalue weighted by Crippen LogP contribution is 2.34. The molecule has 10 heteroatoms. The normalized spacial score (nSPS) is 11.0. The number of amides is 3. The van der Waals surface area contributed by atoms with Crippen LogP contribution in [0.5, 0.6) is 0 Å². The largest absolute Gasteiger partial charge is 0.418 e. The number of hydrazine groups is 1. The molecule has 0 aliphatic rings. The van der Waals surface area contributed by atoms with Gasteiger partial charge in [-0.15, -0.1) is 11.8 Å². The van der Waals surface area contributed by atoms with Crippen LogP contribution in [0.3, 0.4) is 0 Å². The molecule has 0 unspecified atom stereocenters. The van der Waals surface area contributed by atoms with Crippen LogP contribution in [0.2, 0.25) is 0 Å². The number of thioether (sulfide) groups is 1. The Bertz CT molecular complexity index is 798. The second kappa shape index (κ2) is 9.26. The summed E-state index contributed by atoms with van der Waals surface area (Å²) < 4.78 is 51.3. The Morgan fingerprint density at radius 2 is 1.63 bits per heavy atom. The van der Waals surface area contributed by atoms with Gasteiger partial charge in [-0.3, -0.25) is 10.2 Å². The van der Waals surface area contributed by atoms with Crippen molar-refractivity contribution in [3.05, 3.63) is 59.9 Å². The molecule has 0 saturated carbocycles. The van der Waals surface area contributed by atoms with Crippen LogP contribution < -0.4 is 16.2 Å². The molecule has 3 N–H and O–H groups in total. The van der Waals surface area contributed by atoms with Gasteiger partial charge in [-0.1, -0.05) is 12.1 Å². The highest BCUT2D eigenvalue weighted by atomic mass is 32.2. The molecule has 0 aliphatic heterocycles. The molecule has 0 saturated heterocycles. The Labute approximate surface area is 156 Å². The number of halogens is 4. The molecule has 5 nitrogen and oxygen atoms in total. The number of hydrogen-bond acceptors (Lipinski definition) is 3. The fourth-order valence-corrected chi connectivity index (χ4v) is 2.83. The molecule has 2 rings (SSSR count). The van der Waals surface area contributed by atoms with E-state index in [0.29, 0.717) is 5.75 Å². The van der Waals surface area contributed by atoms with Gasteiger partial charge in [0.1, 0.15) is 5.82 Å². The maximum Gasteiger partial charge on any atom is 0.418 e. The number of carbonyl (C=O) groups excluding carboxylic acids is 2. The predicted octanol–water partition coefficient (Wildman–Crippen LogP) is 4.18. The minimum Gasteiger partial charge on any atom is -0.306 e. The van der Waals surface area contributed by atoms with Crippen LogP contribution in [0.1, 0.15) is 12.0 Å². The number of nitrogens with one attached hydrogen (secondary N) is 3. The summed E-state index contributed by atoms with van der Waals surface area (Å²) in [6, 6.07) is 9.21. The second-order valence-corrected chi connectivity index (χ2v) is 6.39. The van der Waals surface area contributed by atoms with E-state index in [2.05, 4.69) is 5.43 Å². The first-order chi connectivity index (χ1) is 12.8. The topological polar surface area (TPSA) is 70.2 Å². The molecule has 0 atom stereocenters. The molecular weight excluding hydrogens is 386 g/mol. The van der Waals surface area contributed by atoms with E-state index >= 15 is 0 Å². The Morgan fingerprint density at radius 3 is 2.30 bits per heavy atom. The Balaban J connectivity index is 1.75. The van der Waals surface area contributed by atoms with Crippen molar-refractivity contribution in [1.29, 1.82) is 0 Å². The molecule has 2 aromatic rings. The van der Waals surface area contributed by atoms with Crippen molar-refractivity contribution in [3.63, 3.8) is 0 Å². The molecule has 0 bridgehead atoms. The van der Waals surface area contributed by atoms with Crippen LogP contribution in [0, 0.1) is 5.82 Å². The van der Waals surface area contributed by atoms with E-state index in [-0.39, 0.29) is 12.2 Å². The van der Waals surface area contributed by atoms with Crippen LogP contribution in [-0.2, 0) is 11.0 Å². The lowest BCUT2D eigenvalue weighted by Crippen LogP contribution is -2.44. The first kappa shape index (κ1) is 20.6. The summed E-state index contributed by atoms with van der Waals surface area (Å²) in [5.74, 6) is -0.513. The number of para-hydroxylation sites is 1. The second-order valence-electron chi connectivity index (χ2n) is 5.22. The van der Waals surface area contributed by atoms with Crippen molar-refractivity contribution in [2.75, 3.05) is 11.1 Å². The zero-order valence-electron chi connectivity index (χ0n) is 13.8. The summed E-state index contributed by atoms with van der Waals surface area (Å²) in [6.45, 7) is 0. The third-order valence-electron chi connectivity index (χ3n) is 3.21. The van der Waals surface area contributed by atoms with E-state index in [4.69, 9.17) is 0 Å². The maximum absolute atomic E-state index is 12.8. The van der Waals surface area contributed by atoms with Gasteiger partial charge in [0.25, 0.3) is 0 Å². The van der Waals surface area contributed by atoms with Crippen molar-refractivity contribution in [2.24, 2.45) is 0 Å². The smallest absolute Gasteiger partial charge is 0.306 e. The minimum absolute atomic E-state index is 0.0431. The molecule has 27 heavy (non-hydrogen) atoms.